The highest BCUT2D eigenvalue weighted by Crippen LogP contribution is 2.38. The van der Waals surface area contributed by atoms with Gasteiger partial charge in [0.1, 0.15) is 22.2 Å². The Bertz CT molecular complexity index is 870. The number of aryl methyl sites for hydroxylation is 3. The maximum atomic E-state index is 5.22. The predicted molar refractivity (Wildman–Crippen MR) is 99.1 cm³/mol. The third kappa shape index (κ3) is 2.84. The molecule has 2 aromatic heterocycles. The van der Waals surface area contributed by atoms with Gasteiger partial charge in [0.2, 0.25) is 0 Å². The second-order valence-corrected chi connectivity index (χ2v) is 7.30. The van der Waals surface area contributed by atoms with E-state index >= 15 is 0 Å². The first-order chi connectivity index (χ1) is 11.7. The zero-order valence-corrected chi connectivity index (χ0v) is 14.9. The van der Waals surface area contributed by atoms with Crippen LogP contribution in [0.2, 0.25) is 0 Å². The number of rotatable bonds is 4. The lowest BCUT2D eigenvalue weighted by atomic mass is 9.97. The second kappa shape index (κ2) is 6.40. The van der Waals surface area contributed by atoms with Crippen LogP contribution in [0.5, 0.6) is 5.75 Å². The minimum Gasteiger partial charge on any atom is -0.497 e. The molecule has 0 radical (unpaired) electrons. The molecule has 3 aromatic rings. The molecule has 1 aromatic carbocycles. The van der Waals surface area contributed by atoms with Crippen LogP contribution in [0.1, 0.15) is 34.7 Å². The van der Waals surface area contributed by atoms with E-state index in [1.807, 2.05) is 30.4 Å². The van der Waals surface area contributed by atoms with Gasteiger partial charge in [-0.1, -0.05) is 12.1 Å². The lowest BCUT2D eigenvalue weighted by molar-refractivity contribution is 0.414. The first-order valence-electron chi connectivity index (χ1n) is 8.40. The smallest absolute Gasteiger partial charge is 0.139 e. The van der Waals surface area contributed by atoms with Crippen molar-refractivity contribution in [1.82, 2.24) is 9.97 Å². The SMILES string of the molecule is COc1ccc(CNc2nc(C)nc3sc4c(c23)CCCC4)cc1. The molecule has 1 aliphatic carbocycles. The first kappa shape index (κ1) is 15.4. The number of hydrogen-bond acceptors (Lipinski definition) is 5. The number of thiophene rings is 1. The molecule has 1 N–H and O–H groups in total. The Balaban J connectivity index is 1.66. The largest absolute Gasteiger partial charge is 0.497 e. The summed E-state index contributed by atoms with van der Waals surface area (Å²) in [5.41, 5.74) is 2.68. The molecule has 0 saturated heterocycles. The Hall–Kier alpha value is -2.14. The van der Waals surface area contributed by atoms with Crippen molar-refractivity contribution in [2.75, 3.05) is 12.4 Å². The first-order valence-corrected chi connectivity index (χ1v) is 9.22. The van der Waals surface area contributed by atoms with Gasteiger partial charge in [-0.25, -0.2) is 9.97 Å². The molecule has 0 amide bonds. The molecular formula is C19H21N3OS. The Labute approximate surface area is 145 Å². The van der Waals surface area contributed by atoms with Crippen molar-refractivity contribution >= 4 is 27.4 Å². The standard InChI is InChI=1S/C19H21N3OS/c1-12-21-18(20-11-13-7-9-14(23-2)10-8-13)17-15-5-3-4-6-16(15)24-19(17)22-12/h7-10H,3-6,11H2,1-2H3,(H,20,21,22). The van der Waals surface area contributed by atoms with Crippen LogP contribution < -0.4 is 10.1 Å². The number of ether oxygens (including phenoxy) is 1. The van der Waals surface area contributed by atoms with Crippen molar-refractivity contribution in [1.29, 1.82) is 0 Å². The van der Waals surface area contributed by atoms with Crippen LogP contribution in [0.4, 0.5) is 5.82 Å². The Kier molecular flexibility index (Phi) is 4.10. The monoisotopic (exact) mass is 339 g/mol. The van der Waals surface area contributed by atoms with E-state index in [9.17, 15) is 0 Å². The Morgan fingerprint density at radius 3 is 2.71 bits per heavy atom. The molecule has 0 saturated carbocycles. The molecule has 0 unspecified atom stereocenters. The minimum atomic E-state index is 0.750. The average molecular weight is 339 g/mol. The number of fused-ring (bicyclic) bond motifs is 3. The van der Waals surface area contributed by atoms with Crippen LogP contribution in [0.25, 0.3) is 10.2 Å². The van der Waals surface area contributed by atoms with E-state index < -0.39 is 0 Å². The van der Waals surface area contributed by atoms with Crippen molar-refractivity contribution in [2.24, 2.45) is 0 Å². The molecule has 0 aliphatic heterocycles. The van der Waals surface area contributed by atoms with E-state index in [0.717, 1.165) is 35.2 Å². The lowest BCUT2D eigenvalue weighted by Gasteiger charge is -2.13. The van der Waals surface area contributed by atoms with Gasteiger partial charge in [0.05, 0.1) is 12.5 Å². The summed E-state index contributed by atoms with van der Waals surface area (Å²) in [6, 6.07) is 8.15. The van der Waals surface area contributed by atoms with Gasteiger partial charge in [-0.05, 0) is 55.9 Å². The van der Waals surface area contributed by atoms with Crippen LogP contribution >= 0.6 is 11.3 Å². The van der Waals surface area contributed by atoms with E-state index in [-0.39, 0.29) is 0 Å². The van der Waals surface area contributed by atoms with Gasteiger partial charge < -0.3 is 10.1 Å². The van der Waals surface area contributed by atoms with Gasteiger partial charge in [-0.15, -0.1) is 11.3 Å². The fourth-order valence-electron chi connectivity index (χ4n) is 3.32. The quantitative estimate of drug-likeness (QED) is 0.760. The lowest BCUT2D eigenvalue weighted by Crippen LogP contribution is -2.05. The predicted octanol–water partition coefficient (Wildman–Crippen LogP) is 4.50. The number of methoxy groups -OCH3 is 1. The number of hydrogen-bond donors (Lipinski definition) is 1. The van der Waals surface area contributed by atoms with E-state index in [1.165, 1.54) is 40.7 Å². The summed E-state index contributed by atoms with van der Waals surface area (Å²) in [6.07, 6.45) is 4.90. The minimum absolute atomic E-state index is 0.750. The van der Waals surface area contributed by atoms with E-state index in [4.69, 9.17) is 9.72 Å². The molecule has 0 atom stereocenters. The number of nitrogens with zero attached hydrogens (tertiary/aromatic N) is 2. The van der Waals surface area contributed by atoms with Gasteiger partial charge in [0.25, 0.3) is 0 Å². The molecule has 1 aliphatic rings. The van der Waals surface area contributed by atoms with Crippen LogP contribution in [0.3, 0.4) is 0 Å². The molecule has 0 fully saturated rings. The van der Waals surface area contributed by atoms with Crippen LogP contribution in [-0.4, -0.2) is 17.1 Å². The average Bonchev–Trinajstić information content (AvgIpc) is 2.98. The summed E-state index contributed by atoms with van der Waals surface area (Å²) in [5, 5.41) is 4.78. The summed E-state index contributed by atoms with van der Waals surface area (Å²) in [5.74, 6) is 2.69. The Morgan fingerprint density at radius 1 is 1.12 bits per heavy atom. The summed E-state index contributed by atoms with van der Waals surface area (Å²) >= 11 is 1.85. The molecule has 4 rings (SSSR count). The van der Waals surface area contributed by atoms with Gasteiger partial charge >= 0.3 is 0 Å². The normalized spacial score (nSPS) is 13.8. The fraction of sp³-hybridized carbons (Fsp3) is 0.368. The van der Waals surface area contributed by atoms with Crippen molar-refractivity contribution in [2.45, 2.75) is 39.2 Å². The van der Waals surface area contributed by atoms with Gasteiger partial charge in [0, 0.05) is 11.4 Å². The molecule has 2 heterocycles. The van der Waals surface area contributed by atoms with Crippen molar-refractivity contribution in [3.05, 3.63) is 46.1 Å². The zero-order valence-electron chi connectivity index (χ0n) is 14.1. The van der Waals surface area contributed by atoms with Gasteiger partial charge in [-0.3, -0.25) is 0 Å². The molecule has 0 bridgehead atoms. The van der Waals surface area contributed by atoms with Gasteiger partial charge in [-0.2, -0.15) is 0 Å². The number of aromatic nitrogens is 2. The van der Waals surface area contributed by atoms with Crippen LogP contribution in [0.15, 0.2) is 24.3 Å². The molecule has 0 spiro atoms. The van der Waals surface area contributed by atoms with Crippen molar-refractivity contribution in [3.8, 4) is 5.75 Å². The summed E-state index contributed by atoms with van der Waals surface area (Å²) < 4.78 is 5.22. The third-order valence-electron chi connectivity index (χ3n) is 4.55. The Morgan fingerprint density at radius 2 is 1.92 bits per heavy atom. The number of nitrogens with one attached hydrogen (secondary N) is 1. The summed E-state index contributed by atoms with van der Waals surface area (Å²) in [4.78, 5) is 12.0. The maximum Gasteiger partial charge on any atom is 0.139 e. The molecule has 5 heteroatoms. The fourth-order valence-corrected chi connectivity index (χ4v) is 4.63. The molecule has 124 valence electrons. The second-order valence-electron chi connectivity index (χ2n) is 6.21. The molecular weight excluding hydrogens is 318 g/mol. The highest BCUT2D eigenvalue weighted by molar-refractivity contribution is 7.19. The van der Waals surface area contributed by atoms with Crippen molar-refractivity contribution in [3.63, 3.8) is 0 Å². The molecule has 4 nitrogen and oxygen atoms in total. The third-order valence-corrected chi connectivity index (χ3v) is 5.73. The highest BCUT2D eigenvalue weighted by atomic mass is 32.1. The summed E-state index contributed by atoms with van der Waals surface area (Å²) in [7, 11) is 1.69. The van der Waals surface area contributed by atoms with E-state index in [2.05, 4.69) is 22.4 Å². The zero-order chi connectivity index (χ0) is 16.5. The number of anilines is 1. The molecule has 24 heavy (non-hydrogen) atoms. The van der Waals surface area contributed by atoms with E-state index in [0.29, 0.717) is 0 Å². The van der Waals surface area contributed by atoms with Crippen LogP contribution in [-0.2, 0) is 19.4 Å². The van der Waals surface area contributed by atoms with Crippen molar-refractivity contribution < 1.29 is 4.74 Å². The highest BCUT2D eigenvalue weighted by Gasteiger charge is 2.20. The maximum absolute atomic E-state index is 5.22. The summed E-state index contributed by atoms with van der Waals surface area (Å²) in [6.45, 7) is 2.72. The van der Waals surface area contributed by atoms with Gasteiger partial charge in [0.15, 0.2) is 0 Å². The van der Waals surface area contributed by atoms with E-state index in [1.54, 1.807) is 7.11 Å². The topological polar surface area (TPSA) is 47.0 Å². The van der Waals surface area contributed by atoms with Crippen LogP contribution in [0, 0.1) is 6.92 Å². The number of benzene rings is 1.